The van der Waals surface area contributed by atoms with Crippen molar-refractivity contribution in [2.75, 3.05) is 0 Å². The Labute approximate surface area is 84.7 Å². The number of fused-ring (bicyclic) bond motifs is 1. The molecule has 2 rings (SSSR count). The summed E-state index contributed by atoms with van der Waals surface area (Å²) in [5, 5.41) is 3.63. The van der Waals surface area contributed by atoms with Crippen LogP contribution in [0.3, 0.4) is 0 Å². The van der Waals surface area contributed by atoms with Gasteiger partial charge in [0.2, 0.25) is 0 Å². The van der Waals surface area contributed by atoms with Gasteiger partial charge in [0.15, 0.2) is 5.65 Å². The highest BCUT2D eigenvalue weighted by Crippen LogP contribution is 2.31. The zero-order chi connectivity index (χ0) is 10.3. The molecule has 0 aliphatic carbocycles. The number of alkyl halides is 3. The highest BCUT2D eigenvalue weighted by molar-refractivity contribution is 9.10. The van der Waals surface area contributed by atoms with E-state index in [1.54, 1.807) is 0 Å². The zero-order valence-corrected chi connectivity index (χ0v) is 8.17. The van der Waals surface area contributed by atoms with Gasteiger partial charge >= 0.3 is 6.18 Å². The normalized spacial score (nSPS) is 12.3. The van der Waals surface area contributed by atoms with Crippen LogP contribution in [-0.2, 0) is 6.18 Å². The molecule has 0 saturated carbocycles. The van der Waals surface area contributed by atoms with Crippen LogP contribution in [0.1, 0.15) is 5.56 Å². The fourth-order valence-corrected chi connectivity index (χ4v) is 1.57. The molecule has 7 heteroatoms. The van der Waals surface area contributed by atoms with Crippen LogP contribution >= 0.6 is 15.9 Å². The van der Waals surface area contributed by atoms with Crippen LogP contribution in [0.25, 0.3) is 5.65 Å². The fraction of sp³-hybridized carbons (Fsp3) is 0.143. The summed E-state index contributed by atoms with van der Waals surface area (Å²) in [7, 11) is 0. The molecule has 0 aromatic carbocycles. The summed E-state index contributed by atoms with van der Waals surface area (Å²) < 4.78 is 38.3. The second kappa shape index (κ2) is 2.94. The van der Waals surface area contributed by atoms with E-state index in [9.17, 15) is 13.2 Å². The van der Waals surface area contributed by atoms with Gasteiger partial charge in [0, 0.05) is 6.20 Å². The first kappa shape index (κ1) is 9.45. The minimum absolute atomic E-state index is 0.268. The molecule has 0 atom stereocenters. The lowest BCUT2D eigenvalue weighted by atomic mass is 10.3. The van der Waals surface area contributed by atoms with E-state index in [4.69, 9.17) is 0 Å². The molecule has 0 amide bonds. The Morgan fingerprint density at radius 1 is 1.36 bits per heavy atom. The number of hydrogen-bond acceptors (Lipinski definition) is 2. The number of hydrogen-bond donors (Lipinski definition) is 0. The summed E-state index contributed by atoms with van der Waals surface area (Å²) in [6.45, 7) is 0. The number of nitrogens with zero attached hydrogens (tertiary/aromatic N) is 3. The van der Waals surface area contributed by atoms with E-state index in [0.29, 0.717) is 5.65 Å². The van der Waals surface area contributed by atoms with Gasteiger partial charge in [-0.1, -0.05) is 0 Å². The summed E-state index contributed by atoms with van der Waals surface area (Å²) >= 11 is 3.00. The molecule has 0 unspecified atom stereocenters. The summed E-state index contributed by atoms with van der Waals surface area (Å²) in [6, 6.07) is 0.976. The summed E-state index contributed by atoms with van der Waals surface area (Å²) in [6.07, 6.45) is -2.28. The van der Waals surface area contributed by atoms with E-state index in [0.717, 1.165) is 16.8 Å². The maximum atomic E-state index is 12.3. The molecular formula is C7H3BrF3N3. The highest BCUT2D eigenvalue weighted by atomic mass is 79.9. The maximum absolute atomic E-state index is 12.3. The van der Waals surface area contributed by atoms with Crippen LogP contribution in [0.15, 0.2) is 23.1 Å². The first-order valence-electron chi connectivity index (χ1n) is 3.54. The van der Waals surface area contributed by atoms with Gasteiger partial charge in [-0.25, -0.2) is 9.50 Å². The molecule has 0 aliphatic heterocycles. The van der Waals surface area contributed by atoms with E-state index in [2.05, 4.69) is 26.0 Å². The summed E-state index contributed by atoms with van der Waals surface area (Å²) in [5.74, 6) is 0. The lowest BCUT2D eigenvalue weighted by molar-refractivity contribution is -0.137. The monoisotopic (exact) mass is 265 g/mol. The van der Waals surface area contributed by atoms with Crippen molar-refractivity contribution in [2.24, 2.45) is 0 Å². The predicted molar refractivity (Wildman–Crippen MR) is 45.7 cm³/mol. The van der Waals surface area contributed by atoms with Crippen molar-refractivity contribution in [3.63, 3.8) is 0 Å². The molecule has 3 nitrogen and oxygen atoms in total. The first-order valence-corrected chi connectivity index (χ1v) is 4.34. The van der Waals surface area contributed by atoms with Crippen molar-refractivity contribution < 1.29 is 13.2 Å². The van der Waals surface area contributed by atoms with Gasteiger partial charge < -0.3 is 0 Å². The molecule has 0 saturated heterocycles. The van der Waals surface area contributed by atoms with Gasteiger partial charge in [-0.3, -0.25) is 0 Å². The standard InChI is InChI=1S/C7H3BrF3N3/c8-5-1-4(7(9,10)11)2-14-6(5)12-3-13-14/h1-3H. The Bertz CT molecular complexity index is 476. The molecule has 74 valence electrons. The van der Waals surface area contributed by atoms with Crippen LogP contribution in [-0.4, -0.2) is 14.6 Å². The van der Waals surface area contributed by atoms with Crippen LogP contribution in [0.5, 0.6) is 0 Å². The number of halogens is 4. The highest BCUT2D eigenvalue weighted by Gasteiger charge is 2.31. The Morgan fingerprint density at radius 2 is 2.07 bits per heavy atom. The Balaban J connectivity index is 2.70. The lowest BCUT2D eigenvalue weighted by Crippen LogP contribution is -2.07. The van der Waals surface area contributed by atoms with Gasteiger partial charge in [0.1, 0.15) is 6.33 Å². The van der Waals surface area contributed by atoms with Gasteiger partial charge in [-0.2, -0.15) is 18.3 Å². The third-order valence-corrected chi connectivity index (χ3v) is 2.24. The molecule has 0 aliphatic rings. The van der Waals surface area contributed by atoms with Crippen LogP contribution in [0, 0.1) is 0 Å². The quantitative estimate of drug-likeness (QED) is 0.733. The van der Waals surface area contributed by atoms with Gasteiger partial charge in [-0.15, -0.1) is 0 Å². The SMILES string of the molecule is FC(F)(F)c1cc(Br)c2ncnn2c1. The van der Waals surface area contributed by atoms with E-state index in [-0.39, 0.29) is 4.47 Å². The number of pyridine rings is 1. The molecule has 0 fully saturated rings. The van der Waals surface area contributed by atoms with E-state index < -0.39 is 11.7 Å². The molecule has 0 radical (unpaired) electrons. The number of aromatic nitrogens is 3. The van der Waals surface area contributed by atoms with Crippen LogP contribution in [0.4, 0.5) is 13.2 Å². The third kappa shape index (κ3) is 1.47. The molecule has 2 heterocycles. The first-order chi connectivity index (χ1) is 6.48. The molecule has 14 heavy (non-hydrogen) atoms. The zero-order valence-electron chi connectivity index (χ0n) is 6.59. The van der Waals surface area contributed by atoms with E-state index >= 15 is 0 Å². The van der Waals surface area contributed by atoms with Crippen molar-refractivity contribution in [3.05, 3.63) is 28.6 Å². The third-order valence-electron chi connectivity index (χ3n) is 1.66. The van der Waals surface area contributed by atoms with Crippen molar-refractivity contribution in [2.45, 2.75) is 6.18 Å². The Morgan fingerprint density at radius 3 is 2.71 bits per heavy atom. The van der Waals surface area contributed by atoms with Crippen molar-refractivity contribution in [1.82, 2.24) is 14.6 Å². The predicted octanol–water partition coefficient (Wildman–Crippen LogP) is 2.51. The molecule has 0 spiro atoms. The Hall–Kier alpha value is -1.11. The maximum Gasteiger partial charge on any atom is 0.417 e. The summed E-state index contributed by atoms with van der Waals surface area (Å²) in [4.78, 5) is 3.78. The van der Waals surface area contributed by atoms with Crippen LogP contribution in [0.2, 0.25) is 0 Å². The van der Waals surface area contributed by atoms with E-state index in [1.807, 2.05) is 0 Å². The molecular weight excluding hydrogens is 263 g/mol. The lowest BCUT2D eigenvalue weighted by Gasteiger charge is -2.06. The minimum atomic E-state index is -4.37. The second-order valence-electron chi connectivity index (χ2n) is 2.60. The largest absolute Gasteiger partial charge is 0.417 e. The van der Waals surface area contributed by atoms with Crippen molar-refractivity contribution >= 4 is 21.6 Å². The van der Waals surface area contributed by atoms with E-state index in [1.165, 1.54) is 6.33 Å². The van der Waals surface area contributed by atoms with Crippen molar-refractivity contribution in [1.29, 1.82) is 0 Å². The number of rotatable bonds is 0. The van der Waals surface area contributed by atoms with Crippen molar-refractivity contribution in [3.8, 4) is 0 Å². The summed E-state index contributed by atoms with van der Waals surface area (Å²) in [5.41, 5.74) is -0.402. The Kier molecular flexibility index (Phi) is 1.99. The van der Waals surface area contributed by atoms with Gasteiger partial charge in [0.25, 0.3) is 0 Å². The molecule has 2 aromatic rings. The average molecular weight is 266 g/mol. The minimum Gasteiger partial charge on any atom is -0.219 e. The van der Waals surface area contributed by atoms with Gasteiger partial charge in [0.05, 0.1) is 10.0 Å². The smallest absolute Gasteiger partial charge is 0.219 e. The molecule has 0 N–H and O–H groups in total. The second-order valence-corrected chi connectivity index (χ2v) is 3.46. The van der Waals surface area contributed by atoms with Crippen LogP contribution < -0.4 is 0 Å². The van der Waals surface area contributed by atoms with Gasteiger partial charge in [-0.05, 0) is 22.0 Å². The average Bonchev–Trinajstić information content (AvgIpc) is 2.50. The molecule has 0 bridgehead atoms. The molecule has 2 aromatic heterocycles. The topological polar surface area (TPSA) is 30.2 Å². The fourth-order valence-electron chi connectivity index (χ4n) is 1.04.